The standard InChI is InChI=1S/C35H41NO12S/c1-18(2)15-28(36-35(42)44-16-27-25-13-9-7-11-23(25)24-12-8-10-14-26(24)27)33(41)49-34-32(47-22(6)40)31(46-21(5)39)30(45-20(4)38)29(48-34)17-43-19(3)37/h7-14,18,27-32,34H,15-17H2,1-6H3,(H,36,42)/t28-,29+,30+,31-,32+,34-/m0/s1. The summed E-state index contributed by atoms with van der Waals surface area (Å²) in [5, 5.41) is 2.11. The summed E-state index contributed by atoms with van der Waals surface area (Å²) >= 11 is 0.596. The summed E-state index contributed by atoms with van der Waals surface area (Å²) < 4.78 is 33.2. The van der Waals surface area contributed by atoms with Crippen molar-refractivity contribution in [3.63, 3.8) is 0 Å². The Balaban J connectivity index is 1.53. The highest BCUT2D eigenvalue weighted by Gasteiger charge is 2.53. The van der Waals surface area contributed by atoms with Gasteiger partial charge < -0.3 is 33.7 Å². The van der Waals surface area contributed by atoms with Crippen LogP contribution in [-0.4, -0.2) is 84.2 Å². The fraction of sp³-hybridized carbons (Fsp3) is 0.486. The van der Waals surface area contributed by atoms with E-state index < -0.39 is 77.6 Å². The van der Waals surface area contributed by atoms with Crippen molar-refractivity contribution < 1.29 is 57.2 Å². The molecule has 0 spiro atoms. The number of amides is 1. The van der Waals surface area contributed by atoms with Crippen molar-refractivity contribution in [3.05, 3.63) is 59.7 Å². The van der Waals surface area contributed by atoms with E-state index >= 15 is 0 Å². The minimum absolute atomic E-state index is 0.0370. The van der Waals surface area contributed by atoms with Crippen molar-refractivity contribution in [3.8, 4) is 11.1 Å². The van der Waals surface area contributed by atoms with Crippen LogP contribution in [0.25, 0.3) is 11.1 Å². The number of ether oxygens (including phenoxy) is 6. The quantitative estimate of drug-likeness (QED) is 0.246. The molecule has 4 rings (SSSR count). The Labute approximate surface area is 288 Å². The van der Waals surface area contributed by atoms with E-state index in [0.717, 1.165) is 49.9 Å². The van der Waals surface area contributed by atoms with Crippen molar-refractivity contribution >= 4 is 46.8 Å². The molecule has 2 aromatic carbocycles. The van der Waals surface area contributed by atoms with Crippen LogP contribution in [0.15, 0.2) is 48.5 Å². The van der Waals surface area contributed by atoms with Crippen LogP contribution in [0.5, 0.6) is 0 Å². The van der Waals surface area contributed by atoms with Gasteiger partial charge in [0.15, 0.2) is 23.7 Å². The molecule has 264 valence electrons. The maximum atomic E-state index is 13.9. The van der Waals surface area contributed by atoms with Crippen molar-refractivity contribution in [1.82, 2.24) is 5.32 Å². The lowest BCUT2D eigenvalue weighted by atomic mass is 9.98. The second kappa shape index (κ2) is 16.8. The van der Waals surface area contributed by atoms with Crippen LogP contribution >= 0.6 is 11.8 Å². The molecule has 1 fully saturated rings. The first-order chi connectivity index (χ1) is 23.2. The Morgan fingerprint density at radius 1 is 0.714 bits per heavy atom. The molecule has 1 aliphatic carbocycles. The highest BCUT2D eigenvalue weighted by Crippen LogP contribution is 2.44. The molecule has 49 heavy (non-hydrogen) atoms. The number of rotatable bonds is 12. The first-order valence-corrected chi connectivity index (χ1v) is 16.8. The van der Waals surface area contributed by atoms with Crippen LogP contribution in [0, 0.1) is 5.92 Å². The minimum atomic E-state index is -1.43. The van der Waals surface area contributed by atoms with Crippen LogP contribution in [0.1, 0.15) is 65.0 Å². The number of benzene rings is 2. The highest BCUT2D eigenvalue weighted by atomic mass is 32.2. The number of alkyl carbamates (subject to hydrolysis) is 1. The molecule has 0 radical (unpaired) electrons. The molecule has 1 amide bonds. The van der Waals surface area contributed by atoms with E-state index in [1.54, 1.807) is 0 Å². The van der Waals surface area contributed by atoms with Gasteiger partial charge in [-0.1, -0.05) is 74.1 Å². The number of thioether (sulfide) groups is 1. The topological polar surface area (TPSA) is 170 Å². The predicted octanol–water partition coefficient (Wildman–Crippen LogP) is 4.28. The van der Waals surface area contributed by atoms with Gasteiger partial charge in [-0.25, -0.2) is 4.79 Å². The molecule has 0 aromatic heterocycles. The van der Waals surface area contributed by atoms with Crippen LogP contribution in [-0.2, 0) is 52.4 Å². The van der Waals surface area contributed by atoms with Gasteiger partial charge in [-0.3, -0.25) is 24.0 Å². The summed E-state index contributed by atoms with van der Waals surface area (Å²) in [6.45, 7) is 7.85. The van der Waals surface area contributed by atoms with Crippen molar-refractivity contribution in [2.45, 2.75) is 89.8 Å². The lowest BCUT2D eigenvalue weighted by Crippen LogP contribution is -2.62. The first kappa shape index (κ1) is 37.4. The van der Waals surface area contributed by atoms with E-state index in [9.17, 15) is 28.8 Å². The first-order valence-electron chi connectivity index (χ1n) is 15.9. The lowest BCUT2D eigenvalue weighted by Gasteiger charge is -2.44. The highest BCUT2D eigenvalue weighted by molar-refractivity contribution is 8.14. The Kier molecular flexibility index (Phi) is 12.8. The maximum absolute atomic E-state index is 13.9. The zero-order valence-corrected chi connectivity index (χ0v) is 29.0. The van der Waals surface area contributed by atoms with Gasteiger partial charge in [0.25, 0.3) is 0 Å². The van der Waals surface area contributed by atoms with Gasteiger partial charge in [0.1, 0.15) is 25.4 Å². The Morgan fingerprint density at radius 2 is 1.24 bits per heavy atom. The second-order valence-electron chi connectivity index (χ2n) is 12.2. The van der Waals surface area contributed by atoms with Crippen LogP contribution < -0.4 is 5.32 Å². The zero-order chi connectivity index (χ0) is 35.8. The molecule has 0 unspecified atom stereocenters. The molecule has 1 heterocycles. The van der Waals surface area contributed by atoms with Crippen LogP contribution in [0.3, 0.4) is 0 Å². The Morgan fingerprint density at radius 3 is 1.78 bits per heavy atom. The van der Waals surface area contributed by atoms with Crippen LogP contribution in [0.4, 0.5) is 4.79 Å². The fourth-order valence-electron chi connectivity index (χ4n) is 5.95. The summed E-state index contributed by atoms with van der Waals surface area (Å²) in [7, 11) is 0. The fourth-order valence-corrected chi connectivity index (χ4v) is 7.04. The monoisotopic (exact) mass is 699 g/mol. The zero-order valence-electron chi connectivity index (χ0n) is 28.2. The SMILES string of the molecule is CC(=O)OC[C@H]1O[C@@H](SC(=O)[C@H](CC(C)C)NC(=O)OCC2c3ccccc3-c3ccccc32)[C@H](OC(C)=O)[C@@H](OC(C)=O)[C@@H]1OC(C)=O. The molecule has 1 aliphatic heterocycles. The average molecular weight is 700 g/mol. The molecule has 1 saturated heterocycles. The summed E-state index contributed by atoms with van der Waals surface area (Å²) in [5.74, 6) is -3.26. The number of hydrogen-bond donors (Lipinski definition) is 1. The van der Waals surface area contributed by atoms with Crippen molar-refractivity contribution in [1.29, 1.82) is 0 Å². The van der Waals surface area contributed by atoms with E-state index in [1.807, 2.05) is 62.4 Å². The lowest BCUT2D eigenvalue weighted by molar-refractivity contribution is -0.237. The third-order valence-electron chi connectivity index (χ3n) is 7.81. The van der Waals surface area contributed by atoms with Gasteiger partial charge in [0, 0.05) is 33.6 Å². The minimum Gasteiger partial charge on any atom is -0.463 e. The van der Waals surface area contributed by atoms with Gasteiger partial charge in [0.05, 0.1) is 0 Å². The number of carbonyl (C=O) groups is 6. The van der Waals surface area contributed by atoms with Gasteiger partial charge in [-0.15, -0.1) is 0 Å². The van der Waals surface area contributed by atoms with Gasteiger partial charge in [-0.2, -0.15) is 0 Å². The average Bonchev–Trinajstić information content (AvgIpc) is 3.34. The number of carbonyl (C=O) groups excluding carboxylic acids is 6. The van der Waals surface area contributed by atoms with Gasteiger partial charge >= 0.3 is 30.0 Å². The predicted molar refractivity (Wildman–Crippen MR) is 176 cm³/mol. The van der Waals surface area contributed by atoms with E-state index in [0.29, 0.717) is 11.8 Å². The maximum Gasteiger partial charge on any atom is 0.407 e. The van der Waals surface area contributed by atoms with Crippen molar-refractivity contribution in [2.75, 3.05) is 13.2 Å². The number of fused-ring (bicyclic) bond motifs is 3. The van der Waals surface area contributed by atoms with E-state index in [4.69, 9.17) is 28.4 Å². The molecule has 2 aliphatic rings. The van der Waals surface area contributed by atoms with Gasteiger partial charge in [0.2, 0.25) is 5.12 Å². The van der Waals surface area contributed by atoms with E-state index in [2.05, 4.69) is 5.32 Å². The Hall–Kier alpha value is -4.43. The van der Waals surface area contributed by atoms with Gasteiger partial charge in [-0.05, 0) is 34.6 Å². The molecule has 1 N–H and O–H groups in total. The number of nitrogens with one attached hydrogen (secondary N) is 1. The summed E-state index contributed by atoms with van der Waals surface area (Å²) in [6, 6.07) is 14.8. The molecule has 2 aromatic rings. The molecule has 14 heteroatoms. The Bertz CT molecular complexity index is 1520. The third-order valence-corrected chi connectivity index (χ3v) is 8.94. The molecular weight excluding hydrogens is 658 g/mol. The summed E-state index contributed by atoms with van der Waals surface area (Å²) in [6.07, 6.45) is -6.01. The summed E-state index contributed by atoms with van der Waals surface area (Å²) in [4.78, 5) is 75.1. The molecule has 13 nitrogen and oxygen atoms in total. The molecule has 6 atom stereocenters. The molecule has 0 saturated carbocycles. The van der Waals surface area contributed by atoms with E-state index in [-0.39, 0.29) is 24.9 Å². The smallest absolute Gasteiger partial charge is 0.407 e. The normalized spacial score (nSPS) is 21.8. The molecular formula is C35H41NO12S. The van der Waals surface area contributed by atoms with E-state index in [1.165, 1.54) is 0 Å². The van der Waals surface area contributed by atoms with Crippen molar-refractivity contribution in [2.24, 2.45) is 5.92 Å². The molecule has 0 bridgehead atoms. The van der Waals surface area contributed by atoms with Crippen LogP contribution in [0.2, 0.25) is 0 Å². The second-order valence-corrected chi connectivity index (χ2v) is 13.3. The largest absolute Gasteiger partial charge is 0.463 e. The summed E-state index contributed by atoms with van der Waals surface area (Å²) in [5.41, 5.74) is 2.88. The number of hydrogen-bond acceptors (Lipinski definition) is 13. The number of esters is 4. The third kappa shape index (κ3) is 9.82.